The Morgan fingerprint density at radius 1 is 0.277 bits per heavy atom. The maximum absolute atomic E-state index is 6.54. The van der Waals surface area contributed by atoms with E-state index in [1.807, 2.05) is 0 Å². The standard InChI is InChI=1S/C46H28O/c1-2-13-29(14-3-1)31-26-27-39(34-18-7-6-17-33(31)34)43-35-19-8-10-21-37(35)44(38-22-11-9-20-36(38)43)40-23-12-24-41-46(40)45-32-16-5-4-15-30(32)25-28-42(45)47-41/h1-28H. The van der Waals surface area contributed by atoms with Gasteiger partial charge in [0, 0.05) is 10.8 Å². The number of rotatable bonds is 3. The fourth-order valence-corrected chi connectivity index (χ4v) is 7.89. The molecule has 0 unspecified atom stereocenters. The average molecular weight is 597 g/mol. The molecule has 0 bridgehead atoms. The lowest BCUT2D eigenvalue weighted by molar-refractivity contribution is 0.669. The summed E-state index contributed by atoms with van der Waals surface area (Å²) in [6, 6.07) is 61.5. The lowest BCUT2D eigenvalue weighted by atomic mass is 9.83. The molecule has 1 aromatic heterocycles. The Morgan fingerprint density at radius 3 is 1.47 bits per heavy atom. The molecule has 10 rings (SSSR count). The van der Waals surface area contributed by atoms with Crippen LogP contribution in [0.1, 0.15) is 0 Å². The van der Waals surface area contributed by atoms with Gasteiger partial charge >= 0.3 is 0 Å². The molecule has 0 atom stereocenters. The number of fused-ring (bicyclic) bond motifs is 8. The molecule has 0 radical (unpaired) electrons. The largest absolute Gasteiger partial charge is 0.456 e. The van der Waals surface area contributed by atoms with Crippen LogP contribution in [0.25, 0.3) is 98.4 Å². The van der Waals surface area contributed by atoms with E-state index in [1.54, 1.807) is 0 Å². The van der Waals surface area contributed by atoms with E-state index in [0.29, 0.717) is 0 Å². The summed E-state index contributed by atoms with van der Waals surface area (Å²) in [7, 11) is 0. The van der Waals surface area contributed by atoms with Crippen molar-refractivity contribution in [1.29, 1.82) is 0 Å². The quantitative estimate of drug-likeness (QED) is 0.185. The molecule has 0 amide bonds. The van der Waals surface area contributed by atoms with Crippen LogP contribution in [-0.2, 0) is 0 Å². The van der Waals surface area contributed by atoms with E-state index >= 15 is 0 Å². The molecular weight excluding hydrogens is 569 g/mol. The van der Waals surface area contributed by atoms with Gasteiger partial charge in [0.15, 0.2) is 0 Å². The zero-order chi connectivity index (χ0) is 30.9. The summed E-state index contributed by atoms with van der Waals surface area (Å²) in [5, 5.41) is 12.2. The number of benzene rings is 9. The normalized spacial score (nSPS) is 11.8. The Labute approximate surface area is 271 Å². The van der Waals surface area contributed by atoms with Gasteiger partial charge in [0.1, 0.15) is 11.2 Å². The van der Waals surface area contributed by atoms with Gasteiger partial charge in [-0.3, -0.25) is 0 Å². The summed E-state index contributed by atoms with van der Waals surface area (Å²) in [6.45, 7) is 0. The van der Waals surface area contributed by atoms with Gasteiger partial charge in [-0.2, -0.15) is 0 Å². The summed E-state index contributed by atoms with van der Waals surface area (Å²) in [5.74, 6) is 0. The molecule has 0 aliphatic carbocycles. The van der Waals surface area contributed by atoms with Gasteiger partial charge < -0.3 is 4.42 Å². The van der Waals surface area contributed by atoms with E-state index in [4.69, 9.17) is 4.42 Å². The monoisotopic (exact) mass is 596 g/mol. The molecule has 0 spiro atoms. The average Bonchev–Trinajstić information content (AvgIpc) is 3.54. The minimum atomic E-state index is 0.911. The first-order valence-electron chi connectivity index (χ1n) is 16.2. The summed E-state index contributed by atoms with van der Waals surface area (Å²) < 4.78 is 6.54. The molecule has 1 heterocycles. The highest BCUT2D eigenvalue weighted by atomic mass is 16.3. The van der Waals surface area contributed by atoms with Crippen molar-refractivity contribution in [1.82, 2.24) is 0 Å². The van der Waals surface area contributed by atoms with Gasteiger partial charge in [-0.25, -0.2) is 0 Å². The number of hydrogen-bond acceptors (Lipinski definition) is 1. The molecule has 0 N–H and O–H groups in total. The molecule has 0 saturated carbocycles. The molecule has 1 heteroatoms. The molecule has 0 aliphatic heterocycles. The van der Waals surface area contributed by atoms with Crippen LogP contribution in [0.5, 0.6) is 0 Å². The van der Waals surface area contributed by atoms with E-state index < -0.39 is 0 Å². The van der Waals surface area contributed by atoms with Crippen molar-refractivity contribution in [2.75, 3.05) is 0 Å². The summed E-state index contributed by atoms with van der Waals surface area (Å²) >= 11 is 0. The highest BCUT2D eigenvalue weighted by molar-refractivity contribution is 6.29. The molecule has 0 fully saturated rings. The van der Waals surface area contributed by atoms with E-state index in [-0.39, 0.29) is 0 Å². The molecule has 10 aromatic rings. The lowest BCUT2D eigenvalue weighted by Gasteiger charge is -2.20. The van der Waals surface area contributed by atoms with Crippen molar-refractivity contribution in [2.24, 2.45) is 0 Å². The van der Waals surface area contributed by atoms with E-state index in [2.05, 4.69) is 170 Å². The SMILES string of the molecule is c1ccc(-c2ccc(-c3c4ccccc4c(-c4cccc5oc6ccc7ccccc7c6c45)c4ccccc34)c3ccccc23)cc1. The predicted octanol–water partition coefficient (Wildman–Crippen LogP) is 13.2. The molecular formula is C46H28O. The Balaban J connectivity index is 1.34. The number of furan rings is 1. The first-order chi connectivity index (χ1) is 23.3. The third-order valence-corrected chi connectivity index (χ3v) is 9.87. The molecule has 47 heavy (non-hydrogen) atoms. The van der Waals surface area contributed by atoms with Gasteiger partial charge in [0.2, 0.25) is 0 Å². The maximum atomic E-state index is 6.54. The summed E-state index contributed by atoms with van der Waals surface area (Å²) in [6.07, 6.45) is 0. The second-order valence-corrected chi connectivity index (χ2v) is 12.4. The zero-order valence-corrected chi connectivity index (χ0v) is 25.6. The van der Waals surface area contributed by atoms with Crippen molar-refractivity contribution < 1.29 is 4.42 Å². The van der Waals surface area contributed by atoms with Gasteiger partial charge in [0.25, 0.3) is 0 Å². The van der Waals surface area contributed by atoms with Crippen LogP contribution in [-0.4, -0.2) is 0 Å². The topological polar surface area (TPSA) is 13.1 Å². The Morgan fingerprint density at radius 2 is 0.787 bits per heavy atom. The molecule has 9 aromatic carbocycles. The van der Waals surface area contributed by atoms with Crippen LogP contribution < -0.4 is 0 Å². The lowest BCUT2D eigenvalue weighted by Crippen LogP contribution is -1.93. The van der Waals surface area contributed by atoms with E-state index in [0.717, 1.165) is 11.2 Å². The van der Waals surface area contributed by atoms with Crippen LogP contribution >= 0.6 is 0 Å². The van der Waals surface area contributed by atoms with Gasteiger partial charge in [0.05, 0.1) is 0 Å². The summed E-state index contributed by atoms with van der Waals surface area (Å²) in [4.78, 5) is 0. The fraction of sp³-hybridized carbons (Fsp3) is 0. The minimum Gasteiger partial charge on any atom is -0.456 e. The second-order valence-electron chi connectivity index (χ2n) is 12.4. The minimum absolute atomic E-state index is 0.911. The number of hydrogen-bond donors (Lipinski definition) is 0. The van der Waals surface area contributed by atoms with E-state index in [9.17, 15) is 0 Å². The first kappa shape index (κ1) is 26.1. The first-order valence-corrected chi connectivity index (χ1v) is 16.2. The van der Waals surface area contributed by atoms with Crippen molar-refractivity contribution in [3.63, 3.8) is 0 Å². The van der Waals surface area contributed by atoms with Crippen LogP contribution in [0.15, 0.2) is 174 Å². The van der Waals surface area contributed by atoms with Gasteiger partial charge in [-0.1, -0.05) is 158 Å². The molecule has 0 saturated heterocycles. The molecule has 218 valence electrons. The highest BCUT2D eigenvalue weighted by Crippen LogP contribution is 2.49. The van der Waals surface area contributed by atoms with Crippen LogP contribution in [0, 0.1) is 0 Å². The van der Waals surface area contributed by atoms with E-state index in [1.165, 1.54) is 87.2 Å². The highest BCUT2D eigenvalue weighted by Gasteiger charge is 2.22. The summed E-state index contributed by atoms with van der Waals surface area (Å²) in [5.41, 5.74) is 9.26. The Bertz CT molecular complexity index is 2780. The van der Waals surface area contributed by atoms with Crippen LogP contribution in [0.4, 0.5) is 0 Å². The maximum Gasteiger partial charge on any atom is 0.136 e. The van der Waals surface area contributed by atoms with Gasteiger partial charge in [-0.15, -0.1) is 0 Å². The van der Waals surface area contributed by atoms with Gasteiger partial charge in [-0.05, 0) is 88.6 Å². The van der Waals surface area contributed by atoms with Crippen molar-refractivity contribution in [3.05, 3.63) is 170 Å². The van der Waals surface area contributed by atoms with Crippen LogP contribution in [0.3, 0.4) is 0 Å². The third-order valence-electron chi connectivity index (χ3n) is 9.87. The predicted molar refractivity (Wildman–Crippen MR) is 200 cm³/mol. The van der Waals surface area contributed by atoms with Crippen LogP contribution in [0.2, 0.25) is 0 Å². The van der Waals surface area contributed by atoms with Crippen molar-refractivity contribution in [3.8, 4) is 33.4 Å². The Kier molecular flexibility index (Phi) is 5.64. The fourth-order valence-electron chi connectivity index (χ4n) is 7.89. The third kappa shape index (κ3) is 3.84. The smallest absolute Gasteiger partial charge is 0.136 e. The van der Waals surface area contributed by atoms with Crippen molar-refractivity contribution in [2.45, 2.75) is 0 Å². The molecule has 1 nitrogen and oxygen atoms in total. The van der Waals surface area contributed by atoms with Crippen molar-refractivity contribution >= 4 is 65.0 Å². The second kappa shape index (κ2) is 10.2. The zero-order valence-electron chi connectivity index (χ0n) is 25.6. The Hall–Kier alpha value is -6.18. The molecule has 0 aliphatic rings.